The normalized spacial score (nSPS) is 14.7. The Morgan fingerprint density at radius 1 is 1.14 bits per heavy atom. The van der Waals surface area contributed by atoms with Crippen LogP contribution in [0.5, 0.6) is 0 Å². The lowest BCUT2D eigenvalue weighted by atomic mass is 10.2. The molecule has 5 nitrogen and oxygen atoms in total. The zero-order valence-corrected chi connectivity index (χ0v) is 18.7. The number of aryl methyl sites for hydroxylation is 1. The third kappa shape index (κ3) is 6.14. The number of benzene rings is 2. The van der Waals surface area contributed by atoms with Crippen LogP contribution in [0, 0.1) is 6.92 Å². The Balaban J connectivity index is 1.64. The van der Waals surface area contributed by atoms with E-state index in [1.54, 1.807) is 12.1 Å². The van der Waals surface area contributed by atoms with Gasteiger partial charge < -0.3 is 5.32 Å². The summed E-state index contributed by atoms with van der Waals surface area (Å²) in [5, 5.41) is 3.63. The van der Waals surface area contributed by atoms with Gasteiger partial charge in [0.1, 0.15) is 4.90 Å². The smallest absolute Gasteiger partial charge is 0.263 e. The van der Waals surface area contributed by atoms with E-state index >= 15 is 0 Å². The molecule has 8 heteroatoms. The second-order valence-electron chi connectivity index (χ2n) is 7.15. The van der Waals surface area contributed by atoms with Crippen LogP contribution in [0.3, 0.4) is 0 Å². The summed E-state index contributed by atoms with van der Waals surface area (Å²) in [5.74, 6) is 0.546. The fraction of sp³-hybridized carbons (Fsp3) is 0.381. The molecule has 0 aromatic heterocycles. The van der Waals surface area contributed by atoms with E-state index in [9.17, 15) is 13.2 Å². The van der Waals surface area contributed by atoms with Crippen molar-refractivity contribution in [2.24, 2.45) is 0 Å². The van der Waals surface area contributed by atoms with Gasteiger partial charge in [-0.15, -0.1) is 0 Å². The molecule has 2 aromatic carbocycles. The summed E-state index contributed by atoms with van der Waals surface area (Å²) in [5.41, 5.74) is 1.73. The molecule has 156 valence electrons. The topological polar surface area (TPSA) is 75.3 Å². The first-order chi connectivity index (χ1) is 13.8. The van der Waals surface area contributed by atoms with Crippen LogP contribution in [0.15, 0.2) is 47.4 Å². The first-order valence-corrected chi connectivity index (χ1v) is 12.5. The predicted octanol–water partition coefficient (Wildman–Crippen LogP) is 4.85. The number of amides is 1. The molecule has 0 aliphatic heterocycles. The number of halogens is 1. The molecule has 0 radical (unpaired) electrons. The zero-order chi connectivity index (χ0) is 20.9. The molecular weight excluding hydrogens is 428 g/mol. The summed E-state index contributed by atoms with van der Waals surface area (Å²) in [4.78, 5) is 12.3. The highest BCUT2D eigenvalue weighted by Gasteiger charge is 2.21. The van der Waals surface area contributed by atoms with Crippen molar-refractivity contribution < 1.29 is 13.2 Å². The largest absolute Gasteiger partial charge is 0.351 e. The molecule has 3 rings (SSSR count). The van der Waals surface area contributed by atoms with E-state index in [1.807, 2.05) is 30.8 Å². The summed E-state index contributed by atoms with van der Waals surface area (Å²) in [6.07, 6.45) is 5.10. The molecule has 1 fully saturated rings. The minimum Gasteiger partial charge on any atom is -0.351 e. The van der Waals surface area contributed by atoms with Gasteiger partial charge in [-0.05, 0) is 50.1 Å². The first kappa shape index (κ1) is 22.0. The highest BCUT2D eigenvalue weighted by Crippen LogP contribution is 2.29. The number of anilines is 1. The van der Waals surface area contributed by atoms with Crippen molar-refractivity contribution in [2.45, 2.75) is 42.8 Å². The van der Waals surface area contributed by atoms with Crippen LogP contribution in [0.25, 0.3) is 0 Å². The number of rotatable bonds is 8. The predicted molar refractivity (Wildman–Crippen MR) is 120 cm³/mol. The van der Waals surface area contributed by atoms with E-state index in [0.29, 0.717) is 17.5 Å². The van der Waals surface area contributed by atoms with E-state index in [-0.39, 0.29) is 21.4 Å². The van der Waals surface area contributed by atoms with Crippen molar-refractivity contribution in [3.63, 3.8) is 0 Å². The van der Waals surface area contributed by atoms with Gasteiger partial charge in [-0.25, -0.2) is 8.42 Å². The van der Waals surface area contributed by atoms with Crippen LogP contribution in [-0.4, -0.2) is 31.9 Å². The third-order valence-corrected chi connectivity index (χ3v) is 8.08. The van der Waals surface area contributed by atoms with Gasteiger partial charge in [0.2, 0.25) is 0 Å². The second kappa shape index (κ2) is 9.87. The van der Waals surface area contributed by atoms with E-state index < -0.39 is 10.0 Å². The van der Waals surface area contributed by atoms with Crippen molar-refractivity contribution in [1.29, 1.82) is 0 Å². The molecule has 0 spiro atoms. The van der Waals surface area contributed by atoms with Gasteiger partial charge in [0, 0.05) is 28.8 Å². The van der Waals surface area contributed by atoms with Crippen LogP contribution < -0.4 is 10.0 Å². The number of thioether (sulfide) groups is 1. The molecule has 0 unspecified atom stereocenters. The van der Waals surface area contributed by atoms with Crippen LogP contribution >= 0.6 is 23.4 Å². The summed E-state index contributed by atoms with van der Waals surface area (Å²) < 4.78 is 28.0. The van der Waals surface area contributed by atoms with Gasteiger partial charge in [-0.3, -0.25) is 9.52 Å². The standard InChI is InChI=1S/C21H25ClN2O3S2/c1-15-6-9-17(10-7-15)24-29(26,27)20-14-16(8-11-19(20)22)21(25)23-12-13-28-18-4-2-3-5-18/h6-11,14,18,24H,2-5,12-13H2,1H3,(H,23,25). The Labute approximate surface area is 181 Å². The number of hydrogen-bond donors (Lipinski definition) is 2. The molecule has 2 aromatic rings. The maximum absolute atomic E-state index is 12.8. The van der Waals surface area contributed by atoms with E-state index in [0.717, 1.165) is 11.3 Å². The average molecular weight is 453 g/mol. The summed E-state index contributed by atoms with van der Waals surface area (Å²) in [6, 6.07) is 11.3. The third-order valence-electron chi connectivity index (χ3n) is 4.83. The van der Waals surface area contributed by atoms with E-state index in [2.05, 4.69) is 10.0 Å². The van der Waals surface area contributed by atoms with Crippen LogP contribution in [0.1, 0.15) is 41.6 Å². The Kier molecular flexibility index (Phi) is 7.49. The molecule has 1 amide bonds. The van der Waals surface area contributed by atoms with Crippen molar-refractivity contribution in [2.75, 3.05) is 17.0 Å². The summed E-state index contributed by atoms with van der Waals surface area (Å²) >= 11 is 8.01. The van der Waals surface area contributed by atoms with Gasteiger partial charge in [0.05, 0.1) is 5.02 Å². The molecule has 1 aliphatic carbocycles. The fourth-order valence-corrected chi connectivity index (χ4v) is 6.03. The number of carbonyl (C=O) groups is 1. The van der Waals surface area contributed by atoms with Gasteiger partial charge in [-0.2, -0.15) is 11.8 Å². The maximum atomic E-state index is 12.8. The Morgan fingerprint density at radius 2 is 1.83 bits per heavy atom. The first-order valence-electron chi connectivity index (χ1n) is 9.64. The van der Waals surface area contributed by atoms with Gasteiger partial charge >= 0.3 is 0 Å². The summed E-state index contributed by atoms with van der Waals surface area (Å²) in [6.45, 7) is 2.47. The lowest BCUT2D eigenvalue weighted by molar-refractivity contribution is 0.0956. The minimum absolute atomic E-state index is 0.0675. The zero-order valence-electron chi connectivity index (χ0n) is 16.3. The van der Waals surface area contributed by atoms with Crippen molar-refractivity contribution in [3.8, 4) is 0 Å². The maximum Gasteiger partial charge on any atom is 0.263 e. The Hall–Kier alpha value is -1.70. The molecule has 0 heterocycles. The highest BCUT2D eigenvalue weighted by atomic mass is 35.5. The molecule has 0 saturated heterocycles. The number of sulfonamides is 1. The van der Waals surface area contributed by atoms with Crippen LogP contribution in [-0.2, 0) is 10.0 Å². The molecule has 2 N–H and O–H groups in total. The highest BCUT2D eigenvalue weighted by molar-refractivity contribution is 7.99. The molecule has 1 aliphatic rings. The number of nitrogens with one attached hydrogen (secondary N) is 2. The van der Waals surface area contributed by atoms with Gasteiger partial charge in [0.15, 0.2) is 0 Å². The van der Waals surface area contributed by atoms with Gasteiger partial charge in [0.25, 0.3) is 15.9 Å². The lowest BCUT2D eigenvalue weighted by Crippen LogP contribution is -2.26. The van der Waals surface area contributed by atoms with Gasteiger partial charge in [-0.1, -0.05) is 42.1 Å². The van der Waals surface area contributed by atoms with Crippen molar-refractivity contribution in [1.82, 2.24) is 5.32 Å². The lowest BCUT2D eigenvalue weighted by Gasteiger charge is -2.12. The fourth-order valence-electron chi connectivity index (χ4n) is 3.23. The molecule has 1 saturated carbocycles. The second-order valence-corrected chi connectivity index (χ2v) is 10.6. The van der Waals surface area contributed by atoms with Crippen LogP contribution in [0.4, 0.5) is 5.69 Å². The van der Waals surface area contributed by atoms with Crippen molar-refractivity contribution in [3.05, 3.63) is 58.6 Å². The molecule has 29 heavy (non-hydrogen) atoms. The Bertz CT molecular complexity index is 956. The summed E-state index contributed by atoms with van der Waals surface area (Å²) in [7, 11) is -3.92. The SMILES string of the molecule is Cc1ccc(NS(=O)(=O)c2cc(C(=O)NCCSC3CCCC3)ccc2Cl)cc1. The monoisotopic (exact) mass is 452 g/mol. The molecule has 0 bridgehead atoms. The molecule has 0 atom stereocenters. The van der Waals surface area contributed by atoms with Crippen molar-refractivity contribution >= 4 is 45.0 Å². The number of carbonyl (C=O) groups excluding carboxylic acids is 1. The van der Waals surface area contributed by atoms with Crippen LogP contribution in [0.2, 0.25) is 5.02 Å². The quantitative estimate of drug-likeness (QED) is 0.561. The molecular formula is C21H25ClN2O3S2. The van der Waals surface area contributed by atoms with E-state index in [1.165, 1.54) is 43.9 Å². The average Bonchev–Trinajstić information content (AvgIpc) is 3.20. The minimum atomic E-state index is -3.92. The Morgan fingerprint density at radius 3 is 2.52 bits per heavy atom. The van der Waals surface area contributed by atoms with E-state index in [4.69, 9.17) is 11.6 Å². The number of hydrogen-bond acceptors (Lipinski definition) is 4.